The Kier molecular flexibility index (Phi) is 6.17. The second-order valence-electron chi connectivity index (χ2n) is 7.88. The molecule has 0 spiro atoms. The molecule has 0 radical (unpaired) electrons. The minimum atomic E-state index is -0.959. The van der Waals surface area contributed by atoms with Crippen LogP contribution in [0, 0.1) is 0 Å². The van der Waals surface area contributed by atoms with Crippen LogP contribution in [-0.2, 0) is 24.1 Å². The van der Waals surface area contributed by atoms with Crippen molar-refractivity contribution in [1.82, 2.24) is 4.90 Å². The first-order valence-electron chi connectivity index (χ1n) is 11.0. The molecule has 3 amide bonds. The van der Waals surface area contributed by atoms with E-state index in [1.807, 2.05) is 62.4 Å². The summed E-state index contributed by atoms with van der Waals surface area (Å²) in [6, 6.07) is 21.2. The zero-order chi connectivity index (χ0) is 22.7. The highest BCUT2D eigenvalue weighted by molar-refractivity contribution is 6.23. The minimum absolute atomic E-state index is 0.244. The van der Waals surface area contributed by atoms with Gasteiger partial charge in [-0.05, 0) is 41.7 Å². The van der Waals surface area contributed by atoms with Gasteiger partial charge >= 0.3 is 0 Å². The Morgan fingerprint density at radius 1 is 0.781 bits per heavy atom. The Balaban J connectivity index is 1.72. The highest BCUT2D eigenvalue weighted by Gasteiger charge is 2.42. The lowest BCUT2D eigenvalue weighted by Gasteiger charge is -2.26. The molecule has 0 saturated heterocycles. The summed E-state index contributed by atoms with van der Waals surface area (Å²) in [5.41, 5.74) is 4.39. The smallest absolute Gasteiger partial charge is 0.262 e. The van der Waals surface area contributed by atoms with Gasteiger partial charge in [0.05, 0.1) is 11.1 Å². The van der Waals surface area contributed by atoms with Gasteiger partial charge in [0.2, 0.25) is 5.91 Å². The molecular formula is C27H26N2O3. The third-order valence-electron chi connectivity index (χ3n) is 5.96. The molecule has 0 fully saturated rings. The number of nitrogens with zero attached hydrogens (tertiary/aromatic N) is 1. The number of hydrogen-bond donors (Lipinski definition) is 1. The second-order valence-corrected chi connectivity index (χ2v) is 7.88. The largest absolute Gasteiger partial charge is 0.324 e. The van der Waals surface area contributed by atoms with Crippen LogP contribution in [0.1, 0.15) is 51.3 Å². The zero-order valence-corrected chi connectivity index (χ0v) is 18.3. The normalized spacial score (nSPS) is 13.8. The summed E-state index contributed by atoms with van der Waals surface area (Å²) in [5.74, 6) is -1.22. The van der Waals surface area contributed by atoms with Crippen LogP contribution in [0.2, 0.25) is 0 Å². The lowest BCUT2D eigenvalue weighted by atomic mass is 10.0. The highest BCUT2D eigenvalue weighted by Crippen LogP contribution is 2.28. The number of aryl methyl sites for hydroxylation is 2. The number of imide groups is 1. The number of anilines is 1. The van der Waals surface area contributed by atoms with Crippen LogP contribution in [0.4, 0.5) is 5.69 Å². The van der Waals surface area contributed by atoms with Gasteiger partial charge in [0.15, 0.2) is 0 Å². The fraction of sp³-hybridized carbons (Fsp3) is 0.222. The van der Waals surface area contributed by atoms with Gasteiger partial charge in [0, 0.05) is 12.1 Å². The molecule has 1 heterocycles. The molecule has 0 aromatic heterocycles. The maximum Gasteiger partial charge on any atom is 0.262 e. The van der Waals surface area contributed by atoms with Gasteiger partial charge in [-0.1, -0.05) is 74.5 Å². The van der Waals surface area contributed by atoms with Crippen molar-refractivity contribution >= 4 is 23.4 Å². The molecule has 162 valence electrons. The monoisotopic (exact) mass is 426 g/mol. The SMILES string of the molecule is CCc1cccc(CC)c1NC(=O)[C@@H](Cc1ccccc1)N1C(=O)c2ccccc2C1=O. The molecule has 3 aromatic carbocycles. The molecule has 1 aliphatic rings. The number of para-hydroxylation sites is 1. The van der Waals surface area contributed by atoms with Crippen LogP contribution in [-0.4, -0.2) is 28.7 Å². The first-order valence-corrected chi connectivity index (χ1v) is 11.0. The quantitative estimate of drug-likeness (QED) is 0.559. The average molecular weight is 427 g/mol. The number of rotatable bonds is 7. The number of nitrogens with one attached hydrogen (secondary N) is 1. The van der Waals surface area contributed by atoms with Crippen molar-refractivity contribution in [3.05, 3.63) is 101 Å². The Morgan fingerprint density at radius 2 is 1.31 bits per heavy atom. The fourth-order valence-electron chi connectivity index (χ4n) is 4.24. The van der Waals surface area contributed by atoms with E-state index in [0.29, 0.717) is 11.1 Å². The van der Waals surface area contributed by atoms with Crippen LogP contribution in [0.15, 0.2) is 72.8 Å². The van der Waals surface area contributed by atoms with Crippen molar-refractivity contribution in [1.29, 1.82) is 0 Å². The van der Waals surface area contributed by atoms with Crippen molar-refractivity contribution in [2.24, 2.45) is 0 Å². The summed E-state index contributed by atoms with van der Waals surface area (Å²) in [4.78, 5) is 41.1. The van der Waals surface area contributed by atoms with Crippen molar-refractivity contribution < 1.29 is 14.4 Å². The van der Waals surface area contributed by atoms with Gasteiger partial charge in [-0.25, -0.2) is 0 Å². The molecule has 32 heavy (non-hydrogen) atoms. The number of fused-ring (bicyclic) bond motifs is 1. The van der Waals surface area contributed by atoms with Crippen LogP contribution >= 0.6 is 0 Å². The zero-order valence-electron chi connectivity index (χ0n) is 18.3. The van der Waals surface area contributed by atoms with Crippen LogP contribution in [0.25, 0.3) is 0 Å². The second kappa shape index (κ2) is 9.18. The van der Waals surface area contributed by atoms with E-state index in [0.717, 1.165) is 40.1 Å². The molecule has 0 unspecified atom stereocenters. The van der Waals surface area contributed by atoms with Gasteiger partial charge in [0.25, 0.3) is 11.8 Å². The number of carbonyl (C=O) groups excluding carboxylic acids is 3. The van der Waals surface area contributed by atoms with Crippen LogP contribution < -0.4 is 5.32 Å². The summed E-state index contributed by atoms with van der Waals surface area (Å²) < 4.78 is 0. The van der Waals surface area contributed by atoms with Gasteiger partial charge in [-0.2, -0.15) is 0 Å². The predicted octanol–water partition coefficient (Wildman–Crippen LogP) is 4.66. The topological polar surface area (TPSA) is 66.5 Å². The third kappa shape index (κ3) is 3.94. The number of amides is 3. The van der Waals surface area contributed by atoms with E-state index in [1.165, 1.54) is 0 Å². The molecule has 1 N–H and O–H groups in total. The first-order chi connectivity index (χ1) is 15.5. The number of carbonyl (C=O) groups is 3. The standard InChI is InChI=1S/C27H26N2O3/c1-3-19-13-10-14-20(4-2)24(19)28-25(30)23(17-18-11-6-5-7-12-18)29-26(31)21-15-8-9-16-22(21)27(29)32/h5-16,23H,3-4,17H2,1-2H3,(H,28,30)/t23-/m1/s1. The van der Waals surface area contributed by atoms with Gasteiger partial charge < -0.3 is 5.32 Å². The van der Waals surface area contributed by atoms with E-state index in [-0.39, 0.29) is 12.3 Å². The predicted molar refractivity (Wildman–Crippen MR) is 125 cm³/mol. The Morgan fingerprint density at radius 3 is 1.84 bits per heavy atom. The number of benzene rings is 3. The van der Waals surface area contributed by atoms with Gasteiger partial charge in [-0.15, -0.1) is 0 Å². The maximum atomic E-state index is 13.6. The van der Waals surface area contributed by atoms with E-state index in [9.17, 15) is 14.4 Å². The van der Waals surface area contributed by atoms with Crippen LogP contribution in [0.3, 0.4) is 0 Å². The van der Waals surface area contributed by atoms with Gasteiger partial charge in [0.1, 0.15) is 6.04 Å². The van der Waals surface area contributed by atoms with Crippen LogP contribution in [0.5, 0.6) is 0 Å². The summed E-state index contributed by atoms with van der Waals surface area (Å²) in [7, 11) is 0. The number of hydrogen-bond acceptors (Lipinski definition) is 3. The van der Waals surface area contributed by atoms with Crippen molar-refractivity contribution in [3.63, 3.8) is 0 Å². The molecule has 3 aromatic rings. The van der Waals surface area contributed by atoms with Gasteiger partial charge in [-0.3, -0.25) is 19.3 Å². The third-order valence-corrected chi connectivity index (χ3v) is 5.96. The molecule has 5 nitrogen and oxygen atoms in total. The van der Waals surface area contributed by atoms with Crippen molar-refractivity contribution in [3.8, 4) is 0 Å². The van der Waals surface area contributed by atoms with E-state index < -0.39 is 17.9 Å². The van der Waals surface area contributed by atoms with E-state index in [4.69, 9.17) is 0 Å². The summed E-state index contributed by atoms with van der Waals surface area (Å²) >= 11 is 0. The highest BCUT2D eigenvalue weighted by atomic mass is 16.2. The molecule has 1 atom stereocenters. The summed E-state index contributed by atoms with van der Waals surface area (Å²) in [5, 5.41) is 3.06. The van der Waals surface area contributed by atoms with E-state index in [1.54, 1.807) is 24.3 Å². The molecule has 0 saturated carbocycles. The minimum Gasteiger partial charge on any atom is -0.324 e. The van der Waals surface area contributed by atoms with Crippen molar-refractivity contribution in [2.45, 2.75) is 39.2 Å². The molecule has 0 bridgehead atoms. The summed E-state index contributed by atoms with van der Waals surface area (Å²) in [6.45, 7) is 4.08. The van der Waals surface area contributed by atoms with E-state index in [2.05, 4.69) is 5.32 Å². The average Bonchev–Trinajstić information content (AvgIpc) is 3.08. The molecule has 5 heteroatoms. The fourth-order valence-corrected chi connectivity index (χ4v) is 4.24. The Bertz CT molecular complexity index is 1110. The molecule has 1 aliphatic heterocycles. The van der Waals surface area contributed by atoms with E-state index >= 15 is 0 Å². The molecule has 4 rings (SSSR count). The molecular weight excluding hydrogens is 400 g/mol. The Labute approximate surface area is 188 Å². The van der Waals surface area contributed by atoms with Crippen molar-refractivity contribution in [2.75, 3.05) is 5.32 Å². The first kappa shape index (κ1) is 21.5. The molecule has 0 aliphatic carbocycles. The summed E-state index contributed by atoms with van der Waals surface area (Å²) in [6.07, 6.45) is 1.77. The lowest BCUT2D eigenvalue weighted by molar-refractivity contribution is -0.119. The Hall–Kier alpha value is -3.73. The lowest BCUT2D eigenvalue weighted by Crippen LogP contribution is -2.48. The maximum absolute atomic E-state index is 13.6.